The monoisotopic (exact) mass is 219 g/mol. The van der Waals surface area contributed by atoms with Crippen molar-refractivity contribution in [2.45, 2.75) is 26.3 Å². The van der Waals surface area contributed by atoms with Gasteiger partial charge in [-0.05, 0) is 13.2 Å². The van der Waals surface area contributed by atoms with E-state index in [2.05, 4.69) is 5.32 Å². The largest absolute Gasteiger partial charge is 0.464 e. The Morgan fingerprint density at radius 3 is 2.50 bits per heavy atom. The second-order valence-corrected chi connectivity index (χ2v) is 3.59. The Kier molecular flexibility index (Phi) is 7.28. The molecule has 0 aromatic carbocycles. The van der Waals surface area contributed by atoms with Gasteiger partial charge in [0.25, 0.3) is 0 Å². The first-order valence-corrected chi connectivity index (χ1v) is 6.00. The van der Waals surface area contributed by atoms with E-state index in [1.54, 1.807) is 13.8 Å². The average Bonchev–Trinajstić information content (AvgIpc) is 2.17. The standard InChI is InChI=1S/C9H17NO3S/c1-4-8(11)10-7(6-14-3)9(12)13-5-2/h7H,4-6H2,1-3H3,(H,10,11)/t7-/m0/s1. The highest BCUT2D eigenvalue weighted by molar-refractivity contribution is 7.98. The molecule has 0 aliphatic heterocycles. The van der Waals surface area contributed by atoms with Crippen molar-refractivity contribution in [3.63, 3.8) is 0 Å². The Bertz CT molecular complexity index is 196. The maximum Gasteiger partial charge on any atom is 0.329 e. The molecule has 0 aromatic heterocycles. The van der Waals surface area contributed by atoms with Crippen LogP contribution in [0.4, 0.5) is 0 Å². The summed E-state index contributed by atoms with van der Waals surface area (Å²) in [4.78, 5) is 22.4. The van der Waals surface area contributed by atoms with Crippen LogP contribution in [0.1, 0.15) is 20.3 Å². The average molecular weight is 219 g/mol. The number of hydrogen-bond acceptors (Lipinski definition) is 4. The zero-order chi connectivity index (χ0) is 11.0. The molecule has 0 spiro atoms. The number of carbonyl (C=O) groups is 2. The number of carbonyl (C=O) groups excluding carboxylic acids is 2. The third-order valence-corrected chi connectivity index (χ3v) is 2.23. The van der Waals surface area contributed by atoms with Gasteiger partial charge in [-0.15, -0.1) is 0 Å². The summed E-state index contributed by atoms with van der Waals surface area (Å²) in [5.41, 5.74) is 0. The lowest BCUT2D eigenvalue weighted by Crippen LogP contribution is -2.43. The summed E-state index contributed by atoms with van der Waals surface area (Å²) in [6.07, 6.45) is 2.26. The third-order valence-electron chi connectivity index (χ3n) is 1.56. The fraction of sp³-hybridized carbons (Fsp3) is 0.778. The highest BCUT2D eigenvalue weighted by Gasteiger charge is 2.20. The van der Waals surface area contributed by atoms with Crippen LogP contribution in [-0.2, 0) is 14.3 Å². The van der Waals surface area contributed by atoms with Gasteiger partial charge >= 0.3 is 5.97 Å². The van der Waals surface area contributed by atoms with Crippen LogP contribution in [0.5, 0.6) is 0 Å². The molecule has 0 aliphatic carbocycles. The zero-order valence-electron chi connectivity index (χ0n) is 8.83. The van der Waals surface area contributed by atoms with Crippen LogP contribution >= 0.6 is 11.8 Å². The molecular formula is C9H17NO3S. The highest BCUT2D eigenvalue weighted by atomic mass is 32.2. The lowest BCUT2D eigenvalue weighted by molar-refractivity contribution is -0.146. The SMILES string of the molecule is CCOC(=O)[C@H](CSC)NC(=O)CC. The topological polar surface area (TPSA) is 55.4 Å². The number of amides is 1. The number of esters is 1. The first-order valence-electron chi connectivity index (χ1n) is 4.60. The van der Waals surface area contributed by atoms with Crippen molar-refractivity contribution in [2.24, 2.45) is 0 Å². The van der Waals surface area contributed by atoms with E-state index in [1.807, 2.05) is 6.26 Å². The molecule has 0 unspecified atom stereocenters. The molecule has 82 valence electrons. The van der Waals surface area contributed by atoms with Crippen molar-refractivity contribution >= 4 is 23.6 Å². The Balaban J connectivity index is 4.13. The van der Waals surface area contributed by atoms with E-state index in [1.165, 1.54) is 11.8 Å². The fourth-order valence-corrected chi connectivity index (χ4v) is 1.43. The molecule has 0 aromatic rings. The van der Waals surface area contributed by atoms with Crippen LogP contribution in [0.3, 0.4) is 0 Å². The van der Waals surface area contributed by atoms with Crippen molar-refractivity contribution < 1.29 is 14.3 Å². The minimum atomic E-state index is -0.516. The molecule has 4 nitrogen and oxygen atoms in total. The summed E-state index contributed by atoms with van der Waals surface area (Å²) < 4.78 is 4.83. The van der Waals surface area contributed by atoms with Gasteiger partial charge in [0, 0.05) is 12.2 Å². The summed E-state index contributed by atoms with van der Waals surface area (Å²) in [6, 6.07) is -0.516. The maximum atomic E-state index is 11.3. The first-order chi connectivity index (χ1) is 6.65. The van der Waals surface area contributed by atoms with Gasteiger partial charge in [0.1, 0.15) is 6.04 Å². The number of ether oxygens (including phenoxy) is 1. The molecule has 0 radical (unpaired) electrons. The molecule has 5 heteroatoms. The van der Waals surface area contributed by atoms with E-state index in [-0.39, 0.29) is 11.9 Å². The highest BCUT2D eigenvalue weighted by Crippen LogP contribution is 2.00. The normalized spacial score (nSPS) is 11.9. The first kappa shape index (κ1) is 13.3. The Hall–Kier alpha value is -0.710. The van der Waals surface area contributed by atoms with Crippen molar-refractivity contribution in [2.75, 3.05) is 18.6 Å². The second kappa shape index (κ2) is 7.67. The van der Waals surface area contributed by atoms with Crippen LogP contribution in [-0.4, -0.2) is 36.5 Å². The molecule has 14 heavy (non-hydrogen) atoms. The Morgan fingerprint density at radius 1 is 1.43 bits per heavy atom. The number of thioether (sulfide) groups is 1. The van der Waals surface area contributed by atoms with Crippen LogP contribution in [0.25, 0.3) is 0 Å². The Morgan fingerprint density at radius 2 is 2.07 bits per heavy atom. The Labute approximate surface area is 88.8 Å². The fourth-order valence-electron chi connectivity index (χ4n) is 0.875. The van der Waals surface area contributed by atoms with Crippen molar-refractivity contribution in [3.05, 3.63) is 0 Å². The minimum absolute atomic E-state index is 0.128. The molecule has 0 fully saturated rings. The summed E-state index contributed by atoms with van der Waals surface area (Å²) in [7, 11) is 0. The molecule has 1 atom stereocenters. The third kappa shape index (κ3) is 5.11. The molecule has 0 saturated heterocycles. The van der Waals surface area contributed by atoms with Gasteiger partial charge in [-0.3, -0.25) is 4.79 Å². The van der Waals surface area contributed by atoms with Gasteiger partial charge in [0.05, 0.1) is 6.61 Å². The number of nitrogens with one attached hydrogen (secondary N) is 1. The van der Waals surface area contributed by atoms with E-state index >= 15 is 0 Å². The molecule has 0 rings (SSSR count). The summed E-state index contributed by atoms with van der Waals surface area (Å²) in [5, 5.41) is 2.62. The molecule has 1 amide bonds. The number of rotatable bonds is 6. The molecule has 0 saturated carbocycles. The van der Waals surface area contributed by atoms with Crippen LogP contribution in [0.2, 0.25) is 0 Å². The van der Waals surface area contributed by atoms with Gasteiger partial charge in [0.2, 0.25) is 5.91 Å². The van der Waals surface area contributed by atoms with Gasteiger partial charge in [-0.25, -0.2) is 4.79 Å². The van der Waals surface area contributed by atoms with Crippen molar-refractivity contribution in [1.29, 1.82) is 0 Å². The summed E-state index contributed by atoms with van der Waals surface area (Å²) in [5.74, 6) is 0.0608. The van der Waals surface area contributed by atoms with E-state index in [9.17, 15) is 9.59 Å². The van der Waals surface area contributed by atoms with Gasteiger partial charge in [-0.1, -0.05) is 6.92 Å². The van der Waals surface area contributed by atoms with E-state index < -0.39 is 6.04 Å². The van der Waals surface area contributed by atoms with Crippen molar-refractivity contribution in [3.8, 4) is 0 Å². The minimum Gasteiger partial charge on any atom is -0.464 e. The lowest BCUT2D eigenvalue weighted by atomic mass is 10.3. The summed E-state index contributed by atoms with van der Waals surface area (Å²) in [6.45, 7) is 3.83. The summed E-state index contributed by atoms with van der Waals surface area (Å²) >= 11 is 1.50. The van der Waals surface area contributed by atoms with Gasteiger partial charge < -0.3 is 10.1 Å². The van der Waals surface area contributed by atoms with Crippen LogP contribution in [0.15, 0.2) is 0 Å². The predicted octanol–water partition coefficient (Wildman–Crippen LogP) is 0.807. The molecule has 0 heterocycles. The molecular weight excluding hydrogens is 202 g/mol. The predicted molar refractivity (Wildman–Crippen MR) is 57.2 cm³/mol. The second-order valence-electron chi connectivity index (χ2n) is 2.68. The van der Waals surface area contributed by atoms with E-state index in [0.717, 1.165) is 0 Å². The zero-order valence-corrected chi connectivity index (χ0v) is 9.65. The van der Waals surface area contributed by atoms with Crippen LogP contribution in [0, 0.1) is 0 Å². The molecule has 0 aliphatic rings. The molecule has 0 bridgehead atoms. The number of hydrogen-bond donors (Lipinski definition) is 1. The van der Waals surface area contributed by atoms with Gasteiger partial charge in [0.15, 0.2) is 0 Å². The van der Waals surface area contributed by atoms with Gasteiger partial charge in [-0.2, -0.15) is 11.8 Å². The quantitative estimate of drug-likeness (QED) is 0.672. The maximum absolute atomic E-state index is 11.3. The van der Waals surface area contributed by atoms with Crippen LogP contribution < -0.4 is 5.32 Å². The smallest absolute Gasteiger partial charge is 0.329 e. The molecule has 1 N–H and O–H groups in total. The van der Waals surface area contributed by atoms with E-state index in [0.29, 0.717) is 18.8 Å². The van der Waals surface area contributed by atoms with Crippen molar-refractivity contribution in [1.82, 2.24) is 5.32 Å². The lowest BCUT2D eigenvalue weighted by Gasteiger charge is -2.15. The van der Waals surface area contributed by atoms with E-state index in [4.69, 9.17) is 4.74 Å².